The molecular formula is C17H21N5O. The van der Waals surface area contributed by atoms with Crippen LogP contribution in [0.3, 0.4) is 0 Å². The van der Waals surface area contributed by atoms with Crippen molar-refractivity contribution in [3.8, 4) is 11.3 Å². The monoisotopic (exact) mass is 311 g/mol. The second kappa shape index (κ2) is 5.01. The molecule has 23 heavy (non-hydrogen) atoms. The first-order valence-electron chi connectivity index (χ1n) is 7.59. The molecule has 0 fully saturated rings. The predicted octanol–water partition coefficient (Wildman–Crippen LogP) is 3.02. The molecule has 0 aromatic carbocycles. The average molecular weight is 311 g/mol. The number of fused-ring (bicyclic) bond motifs is 1. The number of hydrogen-bond acceptors (Lipinski definition) is 4. The Morgan fingerprint density at radius 1 is 1.22 bits per heavy atom. The van der Waals surface area contributed by atoms with Crippen LogP contribution in [-0.4, -0.2) is 30.8 Å². The van der Waals surface area contributed by atoms with Gasteiger partial charge in [0, 0.05) is 23.9 Å². The highest BCUT2D eigenvalue weighted by Gasteiger charge is 2.23. The number of carbonyl (C=O) groups excluding carboxylic acids is 1. The van der Waals surface area contributed by atoms with Gasteiger partial charge in [0.15, 0.2) is 11.9 Å². The van der Waals surface area contributed by atoms with Crippen LogP contribution >= 0.6 is 0 Å². The van der Waals surface area contributed by atoms with Crippen LogP contribution in [0.2, 0.25) is 0 Å². The number of aryl methyl sites for hydroxylation is 2. The highest BCUT2D eigenvalue weighted by molar-refractivity contribution is 5.98. The van der Waals surface area contributed by atoms with Crippen LogP contribution in [0.1, 0.15) is 42.5 Å². The highest BCUT2D eigenvalue weighted by atomic mass is 16.1. The van der Waals surface area contributed by atoms with Crippen LogP contribution < -0.4 is 0 Å². The number of nitrogens with zero attached hydrogens (tertiary/aromatic N) is 5. The summed E-state index contributed by atoms with van der Waals surface area (Å²) < 4.78 is 3.69. The van der Waals surface area contributed by atoms with Gasteiger partial charge in [0.25, 0.3) is 0 Å². The van der Waals surface area contributed by atoms with Crippen LogP contribution in [0.25, 0.3) is 22.3 Å². The van der Waals surface area contributed by atoms with E-state index in [0.29, 0.717) is 5.56 Å². The first kappa shape index (κ1) is 15.4. The Morgan fingerprint density at radius 3 is 2.43 bits per heavy atom. The number of pyridine rings is 1. The molecule has 0 atom stereocenters. The summed E-state index contributed by atoms with van der Waals surface area (Å²) in [6.45, 7) is 10.1. The van der Waals surface area contributed by atoms with E-state index in [4.69, 9.17) is 4.98 Å². The van der Waals surface area contributed by atoms with E-state index in [1.54, 1.807) is 10.9 Å². The summed E-state index contributed by atoms with van der Waals surface area (Å²) in [5.41, 5.74) is 4.63. The third kappa shape index (κ3) is 2.34. The Morgan fingerprint density at radius 2 is 1.91 bits per heavy atom. The van der Waals surface area contributed by atoms with Gasteiger partial charge in [-0.2, -0.15) is 10.2 Å². The Balaban J connectivity index is 2.39. The van der Waals surface area contributed by atoms with Gasteiger partial charge in [-0.3, -0.25) is 9.48 Å². The van der Waals surface area contributed by atoms with E-state index in [-0.39, 0.29) is 5.54 Å². The van der Waals surface area contributed by atoms with Crippen molar-refractivity contribution < 1.29 is 4.79 Å². The van der Waals surface area contributed by atoms with Crippen molar-refractivity contribution in [1.29, 1.82) is 0 Å². The van der Waals surface area contributed by atoms with Gasteiger partial charge < -0.3 is 0 Å². The van der Waals surface area contributed by atoms with E-state index in [0.717, 1.165) is 40.0 Å². The van der Waals surface area contributed by atoms with Crippen molar-refractivity contribution in [3.63, 3.8) is 0 Å². The topological polar surface area (TPSA) is 65.6 Å². The molecule has 0 aliphatic rings. The van der Waals surface area contributed by atoms with Gasteiger partial charge in [-0.1, -0.05) is 0 Å². The fourth-order valence-corrected chi connectivity index (χ4v) is 2.77. The minimum absolute atomic E-state index is 0.220. The van der Waals surface area contributed by atoms with Gasteiger partial charge >= 0.3 is 0 Å². The van der Waals surface area contributed by atoms with E-state index >= 15 is 0 Å². The molecule has 0 spiro atoms. The number of aldehydes is 1. The van der Waals surface area contributed by atoms with Crippen LogP contribution in [0.5, 0.6) is 0 Å². The quantitative estimate of drug-likeness (QED) is 0.682. The molecule has 0 N–H and O–H groups in total. The Labute approximate surface area is 135 Å². The molecule has 3 aromatic heterocycles. The standard InChI is InChI=1S/C17H21N5O/c1-10-15-12(9-23)7-14(13-8-18-21(6)11(13)2)19-16(15)22(20-10)17(3,4)5/h7-9H,1-6H3. The minimum atomic E-state index is -0.220. The first-order chi connectivity index (χ1) is 10.7. The molecule has 0 aliphatic carbocycles. The maximum atomic E-state index is 11.6. The molecule has 0 saturated carbocycles. The normalized spacial score (nSPS) is 12.1. The third-order valence-corrected chi connectivity index (χ3v) is 4.12. The molecule has 3 rings (SSSR count). The summed E-state index contributed by atoms with van der Waals surface area (Å²) in [5.74, 6) is 0. The van der Waals surface area contributed by atoms with Crippen LogP contribution in [0, 0.1) is 13.8 Å². The molecule has 0 bridgehead atoms. The Hall–Kier alpha value is -2.50. The van der Waals surface area contributed by atoms with Crippen molar-refractivity contribution in [3.05, 3.63) is 29.2 Å². The summed E-state index contributed by atoms with van der Waals surface area (Å²) in [5, 5.41) is 9.70. The summed E-state index contributed by atoms with van der Waals surface area (Å²) >= 11 is 0. The fourth-order valence-electron chi connectivity index (χ4n) is 2.77. The van der Waals surface area contributed by atoms with Crippen LogP contribution in [0.4, 0.5) is 0 Å². The summed E-state index contributed by atoms with van der Waals surface area (Å²) in [6, 6.07) is 1.82. The molecule has 6 heteroatoms. The maximum Gasteiger partial charge on any atom is 0.159 e. The van der Waals surface area contributed by atoms with E-state index in [9.17, 15) is 4.79 Å². The second-order valence-electron chi connectivity index (χ2n) is 6.85. The molecule has 0 unspecified atom stereocenters. The largest absolute Gasteiger partial charge is 0.298 e. The number of hydrogen-bond donors (Lipinski definition) is 0. The third-order valence-electron chi connectivity index (χ3n) is 4.12. The summed E-state index contributed by atoms with van der Waals surface area (Å²) in [7, 11) is 1.89. The highest BCUT2D eigenvalue weighted by Crippen LogP contribution is 2.30. The molecule has 0 aliphatic heterocycles. The minimum Gasteiger partial charge on any atom is -0.298 e. The lowest BCUT2D eigenvalue weighted by Gasteiger charge is -2.20. The lowest BCUT2D eigenvalue weighted by molar-refractivity contribution is 0.112. The van der Waals surface area contributed by atoms with Gasteiger partial charge in [0.1, 0.15) is 0 Å². The van der Waals surface area contributed by atoms with E-state index in [1.165, 1.54) is 0 Å². The molecule has 0 saturated heterocycles. The van der Waals surface area contributed by atoms with Gasteiger partial charge in [-0.25, -0.2) is 9.67 Å². The van der Waals surface area contributed by atoms with Gasteiger partial charge in [0.05, 0.1) is 28.5 Å². The number of aromatic nitrogens is 5. The van der Waals surface area contributed by atoms with Crippen LogP contribution in [-0.2, 0) is 12.6 Å². The van der Waals surface area contributed by atoms with Crippen molar-refractivity contribution in [2.24, 2.45) is 7.05 Å². The van der Waals surface area contributed by atoms with Crippen molar-refractivity contribution in [2.75, 3.05) is 0 Å². The molecule has 6 nitrogen and oxygen atoms in total. The second-order valence-corrected chi connectivity index (χ2v) is 6.85. The maximum absolute atomic E-state index is 11.6. The van der Waals surface area contributed by atoms with Gasteiger partial charge in [-0.05, 0) is 40.7 Å². The zero-order valence-electron chi connectivity index (χ0n) is 14.4. The zero-order chi connectivity index (χ0) is 16.9. The van der Waals surface area contributed by atoms with Crippen LogP contribution in [0.15, 0.2) is 12.3 Å². The SMILES string of the molecule is Cc1nn(C(C)(C)C)c2nc(-c3cnn(C)c3C)cc(C=O)c12. The smallest absolute Gasteiger partial charge is 0.159 e. The first-order valence-corrected chi connectivity index (χ1v) is 7.59. The lowest BCUT2D eigenvalue weighted by atomic mass is 10.1. The molecule has 3 heterocycles. The fraction of sp³-hybridized carbons (Fsp3) is 0.412. The molecule has 0 amide bonds. The van der Waals surface area contributed by atoms with Crippen molar-refractivity contribution in [2.45, 2.75) is 40.2 Å². The molecule has 120 valence electrons. The van der Waals surface area contributed by atoms with Crippen molar-refractivity contribution >= 4 is 17.3 Å². The van der Waals surface area contributed by atoms with Crippen molar-refractivity contribution in [1.82, 2.24) is 24.5 Å². The van der Waals surface area contributed by atoms with Gasteiger partial charge in [-0.15, -0.1) is 0 Å². The Kier molecular flexibility index (Phi) is 3.35. The van der Waals surface area contributed by atoms with E-state index in [2.05, 4.69) is 31.0 Å². The average Bonchev–Trinajstić information content (AvgIpc) is 2.99. The lowest BCUT2D eigenvalue weighted by Crippen LogP contribution is -2.23. The van der Waals surface area contributed by atoms with E-state index in [1.807, 2.05) is 31.6 Å². The molecular weight excluding hydrogens is 290 g/mol. The number of carbonyl (C=O) groups is 1. The zero-order valence-corrected chi connectivity index (χ0v) is 14.4. The molecule has 0 radical (unpaired) electrons. The van der Waals surface area contributed by atoms with Gasteiger partial charge in [0.2, 0.25) is 0 Å². The summed E-state index contributed by atoms with van der Waals surface area (Å²) in [4.78, 5) is 16.4. The van der Waals surface area contributed by atoms with E-state index < -0.39 is 0 Å². The number of rotatable bonds is 2. The summed E-state index contributed by atoms with van der Waals surface area (Å²) in [6.07, 6.45) is 2.66. The molecule has 3 aromatic rings. The Bertz CT molecular complexity index is 911. The predicted molar refractivity (Wildman–Crippen MR) is 89.6 cm³/mol.